The summed E-state index contributed by atoms with van der Waals surface area (Å²) in [6.07, 6.45) is 5.67. The first-order valence-electron chi connectivity index (χ1n) is 8.51. The molecule has 1 saturated heterocycles. The number of nitrogens with one attached hydrogen (secondary N) is 1. The molecule has 0 amide bonds. The van der Waals surface area contributed by atoms with E-state index in [0.29, 0.717) is 5.41 Å². The van der Waals surface area contributed by atoms with Gasteiger partial charge in [-0.05, 0) is 74.7 Å². The Morgan fingerprint density at radius 2 is 1.74 bits per heavy atom. The van der Waals surface area contributed by atoms with Crippen LogP contribution in [0.25, 0.3) is 0 Å². The summed E-state index contributed by atoms with van der Waals surface area (Å²) in [5.74, 6) is 0. The molecule has 1 aliphatic carbocycles. The number of benzene rings is 1. The first kappa shape index (κ1) is 16.9. The minimum Gasteiger partial charge on any atom is -0.299 e. The van der Waals surface area contributed by atoms with Crippen molar-refractivity contribution >= 4 is 10.0 Å². The highest BCUT2D eigenvalue weighted by atomic mass is 32.2. The van der Waals surface area contributed by atoms with Crippen molar-refractivity contribution in [3.63, 3.8) is 0 Å². The number of nitrogens with zero attached hydrogens (tertiary/aromatic N) is 1. The van der Waals surface area contributed by atoms with Gasteiger partial charge in [-0.1, -0.05) is 18.2 Å². The molecule has 3 rings (SSSR count). The van der Waals surface area contributed by atoms with Gasteiger partial charge in [0.2, 0.25) is 10.0 Å². The van der Waals surface area contributed by atoms with E-state index in [-0.39, 0.29) is 6.04 Å². The SMILES string of the molecule is Cc1cccc(C)c1CN1CCC2(CC1)CC(NS(C)(=O)=O)C2. The van der Waals surface area contributed by atoms with Crippen LogP contribution < -0.4 is 4.72 Å². The van der Waals surface area contributed by atoms with E-state index in [9.17, 15) is 8.42 Å². The van der Waals surface area contributed by atoms with Gasteiger partial charge in [0.15, 0.2) is 0 Å². The zero-order chi connectivity index (χ0) is 16.7. The molecular formula is C18H28N2O2S. The fraction of sp³-hybridized carbons (Fsp3) is 0.667. The molecule has 128 valence electrons. The fourth-order valence-corrected chi connectivity index (χ4v) is 5.06. The van der Waals surface area contributed by atoms with Crippen LogP contribution in [0.2, 0.25) is 0 Å². The average Bonchev–Trinajstić information content (AvgIpc) is 2.42. The molecular weight excluding hydrogens is 308 g/mol. The lowest BCUT2D eigenvalue weighted by molar-refractivity contribution is 0.0106. The summed E-state index contributed by atoms with van der Waals surface area (Å²) in [5, 5.41) is 0. The fourth-order valence-electron chi connectivity index (χ4n) is 4.29. The summed E-state index contributed by atoms with van der Waals surface area (Å²) in [5.41, 5.74) is 4.62. The Bertz CT molecular complexity index is 648. The Kier molecular flexibility index (Phi) is 4.55. The van der Waals surface area contributed by atoms with Crippen molar-refractivity contribution in [3.8, 4) is 0 Å². The Hall–Kier alpha value is -0.910. The van der Waals surface area contributed by atoms with E-state index in [0.717, 1.165) is 32.5 Å². The summed E-state index contributed by atoms with van der Waals surface area (Å²) in [7, 11) is -3.06. The standard InChI is InChI=1S/C18H28N2O2S/c1-14-5-4-6-15(2)17(14)13-20-9-7-18(8-10-20)11-16(12-18)19-23(3,21)22/h4-6,16,19H,7-13H2,1-3H3. The maximum absolute atomic E-state index is 11.3. The van der Waals surface area contributed by atoms with Crippen molar-refractivity contribution in [2.45, 2.75) is 52.1 Å². The molecule has 0 aromatic heterocycles. The number of likely N-dealkylation sites (tertiary alicyclic amines) is 1. The second-order valence-corrected chi connectivity index (χ2v) is 9.42. The molecule has 0 radical (unpaired) electrons. The average molecular weight is 337 g/mol. The first-order chi connectivity index (χ1) is 10.8. The van der Waals surface area contributed by atoms with Crippen LogP contribution in [0.5, 0.6) is 0 Å². The number of sulfonamides is 1. The zero-order valence-electron chi connectivity index (χ0n) is 14.4. The molecule has 1 aliphatic heterocycles. The Balaban J connectivity index is 1.52. The van der Waals surface area contributed by atoms with Gasteiger partial charge >= 0.3 is 0 Å². The molecule has 2 aliphatic rings. The second kappa shape index (κ2) is 6.19. The van der Waals surface area contributed by atoms with E-state index >= 15 is 0 Å². The van der Waals surface area contributed by atoms with Crippen LogP contribution in [0, 0.1) is 19.3 Å². The highest BCUT2D eigenvalue weighted by Crippen LogP contribution is 2.49. The van der Waals surface area contributed by atoms with Gasteiger partial charge < -0.3 is 0 Å². The van der Waals surface area contributed by atoms with E-state index in [1.54, 1.807) is 0 Å². The maximum atomic E-state index is 11.3. The molecule has 0 atom stereocenters. The van der Waals surface area contributed by atoms with Crippen molar-refractivity contribution in [2.75, 3.05) is 19.3 Å². The highest BCUT2D eigenvalue weighted by molar-refractivity contribution is 7.88. The van der Waals surface area contributed by atoms with Crippen LogP contribution in [0.15, 0.2) is 18.2 Å². The predicted octanol–water partition coefficient (Wildman–Crippen LogP) is 2.60. The molecule has 1 heterocycles. The van der Waals surface area contributed by atoms with Crippen LogP contribution in [-0.2, 0) is 16.6 Å². The molecule has 2 fully saturated rings. The molecule has 1 aromatic carbocycles. The minimum atomic E-state index is -3.06. The minimum absolute atomic E-state index is 0.162. The lowest BCUT2D eigenvalue weighted by atomic mass is 9.60. The third kappa shape index (κ3) is 3.95. The van der Waals surface area contributed by atoms with Gasteiger partial charge in [-0.2, -0.15) is 0 Å². The third-order valence-electron chi connectivity index (χ3n) is 5.68. The van der Waals surface area contributed by atoms with Crippen LogP contribution in [0.1, 0.15) is 42.4 Å². The Labute approximate surface area is 140 Å². The molecule has 1 aromatic rings. The normalized spacial score (nSPS) is 22.2. The monoisotopic (exact) mass is 336 g/mol. The number of rotatable bonds is 4. The quantitative estimate of drug-likeness (QED) is 0.919. The number of aryl methyl sites for hydroxylation is 2. The smallest absolute Gasteiger partial charge is 0.208 e. The van der Waals surface area contributed by atoms with Gasteiger partial charge in [-0.25, -0.2) is 13.1 Å². The van der Waals surface area contributed by atoms with E-state index in [1.165, 1.54) is 35.8 Å². The van der Waals surface area contributed by atoms with Crippen LogP contribution in [0.4, 0.5) is 0 Å². The summed E-state index contributed by atoms with van der Waals surface area (Å²) in [6.45, 7) is 7.68. The van der Waals surface area contributed by atoms with Crippen molar-refractivity contribution in [3.05, 3.63) is 34.9 Å². The molecule has 1 N–H and O–H groups in total. The van der Waals surface area contributed by atoms with E-state index < -0.39 is 10.0 Å². The van der Waals surface area contributed by atoms with E-state index in [1.807, 2.05) is 0 Å². The summed E-state index contributed by atoms with van der Waals surface area (Å²) >= 11 is 0. The summed E-state index contributed by atoms with van der Waals surface area (Å²) in [4.78, 5) is 2.55. The first-order valence-corrected chi connectivity index (χ1v) is 10.4. The molecule has 4 nitrogen and oxygen atoms in total. The number of piperidine rings is 1. The molecule has 0 unspecified atom stereocenters. The number of hydrogen-bond acceptors (Lipinski definition) is 3. The lowest BCUT2D eigenvalue weighted by Crippen LogP contribution is -2.54. The van der Waals surface area contributed by atoms with Crippen LogP contribution in [-0.4, -0.2) is 38.7 Å². The van der Waals surface area contributed by atoms with Crippen molar-refractivity contribution in [2.24, 2.45) is 5.41 Å². The van der Waals surface area contributed by atoms with E-state index in [4.69, 9.17) is 0 Å². The van der Waals surface area contributed by atoms with Gasteiger partial charge in [-0.3, -0.25) is 4.90 Å². The van der Waals surface area contributed by atoms with Gasteiger partial charge in [0, 0.05) is 12.6 Å². The second-order valence-electron chi connectivity index (χ2n) is 7.64. The zero-order valence-corrected chi connectivity index (χ0v) is 15.2. The lowest BCUT2D eigenvalue weighted by Gasteiger charge is -2.52. The molecule has 23 heavy (non-hydrogen) atoms. The topological polar surface area (TPSA) is 49.4 Å². The van der Waals surface area contributed by atoms with Crippen molar-refractivity contribution in [1.82, 2.24) is 9.62 Å². The largest absolute Gasteiger partial charge is 0.299 e. The van der Waals surface area contributed by atoms with Crippen molar-refractivity contribution in [1.29, 1.82) is 0 Å². The molecule has 1 saturated carbocycles. The highest BCUT2D eigenvalue weighted by Gasteiger charge is 2.46. The summed E-state index contributed by atoms with van der Waals surface area (Å²) in [6, 6.07) is 6.68. The van der Waals surface area contributed by atoms with Crippen LogP contribution >= 0.6 is 0 Å². The van der Waals surface area contributed by atoms with Gasteiger partial charge in [0.25, 0.3) is 0 Å². The molecule has 5 heteroatoms. The summed E-state index contributed by atoms with van der Waals surface area (Å²) < 4.78 is 25.4. The van der Waals surface area contributed by atoms with Gasteiger partial charge in [0.1, 0.15) is 0 Å². The van der Waals surface area contributed by atoms with Crippen LogP contribution in [0.3, 0.4) is 0 Å². The maximum Gasteiger partial charge on any atom is 0.208 e. The van der Waals surface area contributed by atoms with Crippen molar-refractivity contribution < 1.29 is 8.42 Å². The van der Waals surface area contributed by atoms with E-state index in [2.05, 4.69) is 41.7 Å². The number of hydrogen-bond donors (Lipinski definition) is 1. The third-order valence-corrected chi connectivity index (χ3v) is 6.44. The van der Waals surface area contributed by atoms with Gasteiger partial charge in [0.05, 0.1) is 6.26 Å². The predicted molar refractivity (Wildman–Crippen MR) is 93.9 cm³/mol. The molecule has 0 bridgehead atoms. The molecule has 1 spiro atoms. The Morgan fingerprint density at radius 1 is 1.17 bits per heavy atom. The van der Waals surface area contributed by atoms with Gasteiger partial charge in [-0.15, -0.1) is 0 Å². The Morgan fingerprint density at radius 3 is 2.26 bits per heavy atom.